The number of ether oxygens (including phenoxy) is 2. The molecule has 1 atom stereocenters. The highest BCUT2D eigenvalue weighted by Gasteiger charge is 2.30. The second-order valence-corrected chi connectivity index (χ2v) is 10.4. The lowest BCUT2D eigenvalue weighted by Crippen LogP contribution is -2.45. The van der Waals surface area contributed by atoms with Crippen LogP contribution in [0.2, 0.25) is 0 Å². The minimum absolute atomic E-state index is 0.00673. The highest BCUT2D eigenvalue weighted by molar-refractivity contribution is 7.89. The maximum Gasteiger partial charge on any atom is 0.336 e. The molecule has 3 aromatic rings. The number of nitrogens with one attached hydrogen (secondary N) is 1. The number of hydrogen-bond acceptors (Lipinski definition) is 7. The molecule has 8 nitrogen and oxygen atoms in total. The monoisotopic (exact) mass is 485 g/mol. The first kappa shape index (κ1) is 24.0. The number of hydrogen-bond donors (Lipinski definition) is 1. The molecular weight excluding hydrogens is 458 g/mol. The average Bonchev–Trinajstić information content (AvgIpc) is 3.26. The second kappa shape index (κ2) is 9.60. The molecule has 0 bridgehead atoms. The van der Waals surface area contributed by atoms with Gasteiger partial charge in [0.2, 0.25) is 10.0 Å². The van der Waals surface area contributed by atoms with E-state index in [1.54, 1.807) is 13.8 Å². The van der Waals surface area contributed by atoms with Gasteiger partial charge in [-0.2, -0.15) is 4.72 Å². The summed E-state index contributed by atoms with van der Waals surface area (Å²) in [6, 6.07) is 9.92. The Balaban J connectivity index is 1.53. The molecule has 1 aliphatic carbocycles. The van der Waals surface area contributed by atoms with E-state index in [0.717, 1.165) is 24.8 Å². The minimum atomic E-state index is -3.98. The highest BCUT2D eigenvalue weighted by atomic mass is 32.2. The van der Waals surface area contributed by atoms with Crippen molar-refractivity contribution >= 4 is 27.0 Å². The lowest BCUT2D eigenvalue weighted by Gasteiger charge is -2.21. The van der Waals surface area contributed by atoms with Crippen LogP contribution in [0, 0.1) is 5.92 Å². The number of sulfonamides is 1. The Morgan fingerprint density at radius 1 is 1.09 bits per heavy atom. The highest BCUT2D eigenvalue weighted by Crippen LogP contribution is 2.29. The van der Waals surface area contributed by atoms with Crippen LogP contribution in [0.1, 0.15) is 37.0 Å². The van der Waals surface area contributed by atoms with Crippen molar-refractivity contribution in [3.8, 4) is 5.75 Å². The molecule has 0 saturated heterocycles. The number of carbonyl (C=O) groups excluding carboxylic acids is 1. The Morgan fingerprint density at radius 2 is 1.76 bits per heavy atom. The Morgan fingerprint density at radius 3 is 2.41 bits per heavy atom. The van der Waals surface area contributed by atoms with Crippen LogP contribution < -0.4 is 15.1 Å². The summed E-state index contributed by atoms with van der Waals surface area (Å²) in [4.78, 5) is 25.0. The smallest absolute Gasteiger partial charge is 0.336 e. The van der Waals surface area contributed by atoms with Crippen molar-refractivity contribution in [2.75, 3.05) is 7.11 Å². The fraction of sp³-hybridized carbons (Fsp3) is 0.360. The molecule has 0 radical (unpaired) electrons. The average molecular weight is 486 g/mol. The van der Waals surface area contributed by atoms with Gasteiger partial charge in [0.1, 0.15) is 24.0 Å². The topological polar surface area (TPSA) is 112 Å². The first-order valence-electron chi connectivity index (χ1n) is 11.1. The van der Waals surface area contributed by atoms with Crippen LogP contribution in [0.4, 0.5) is 0 Å². The van der Waals surface area contributed by atoms with E-state index in [-0.39, 0.29) is 17.4 Å². The molecule has 1 N–H and O–H groups in total. The van der Waals surface area contributed by atoms with Crippen LogP contribution in [0.3, 0.4) is 0 Å². The van der Waals surface area contributed by atoms with Crippen LogP contribution in [0.25, 0.3) is 11.0 Å². The summed E-state index contributed by atoms with van der Waals surface area (Å²) >= 11 is 0. The lowest BCUT2D eigenvalue weighted by molar-refractivity contribution is -0.148. The first-order valence-corrected chi connectivity index (χ1v) is 12.6. The zero-order valence-electron chi connectivity index (χ0n) is 19.3. The maximum atomic E-state index is 12.9. The summed E-state index contributed by atoms with van der Waals surface area (Å²) in [6.07, 6.45) is 2.94. The Labute approximate surface area is 197 Å². The van der Waals surface area contributed by atoms with Gasteiger partial charge in [0.05, 0.1) is 12.0 Å². The van der Waals surface area contributed by atoms with Crippen molar-refractivity contribution in [3.63, 3.8) is 0 Å². The van der Waals surface area contributed by atoms with Crippen molar-refractivity contribution < 1.29 is 27.1 Å². The standard InChI is InChI=1S/C25H27NO7S/c1-15(2)24(26-34(29,30)20-9-7-19(31-3)8-10-20)25(28)32-14-18-13-23(27)33-22-12-17-6-4-5-16(17)11-21(18)22/h7-13,15,24,26H,4-6,14H2,1-3H3. The molecular formula is C25H27NO7S. The summed E-state index contributed by atoms with van der Waals surface area (Å²) in [5, 5.41) is 0.716. The Kier molecular flexibility index (Phi) is 6.77. The van der Waals surface area contributed by atoms with Crippen LogP contribution in [0.5, 0.6) is 5.75 Å². The molecule has 4 rings (SSSR count). The van der Waals surface area contributed by atoms with Crippen molar-refractivity contribution in [2.24, 2.45) is 5.92 Å². The van der Waals surface area contributed by atoms with Crippen molar-refractivity contribution in [1.29, 1.82) is 0 Å². The fourth-order valence-corrected chi connectivity index (χ4v) is 5.43. The molecule has 0 aliphatic heterocycles. The van der Waals surface area contributed by atoms with Crippen molar-refractivity contribution in [2.45, 2.75) is 50.7 Å². The molecule has 0 saturated carbocycles. The molecule has 1 aromatic heterocycles. The van der Waals surface area contributed by atoms with E-state index in [1.165, 1.54) is 43.0 Å². The zero-order chi connectivity index (χ0) is 24.5. The second-order valence-electron chi connectivity index (χ2n) is 8.69. The third-order valence-electron chi connectivity index (χ3n) is 5.99. The number of fused-ring (bicyclic) bond motifs is 2. The third kappa shape index (κ3) is 5.00. The van der Waals surface area contributed by atoms with Gasteiger partial charge in [-0.05, 0) is 72.7 Å². The lowest BCUT2D eigenvalue weighted by atomic mass is 10.0. The molecule has 180 valence electrons. The van der Waals surface area contributed by atoms with E-state index >= 15 is 0 Å². The summed E-state index contributed by atoms with van der Waals surface area (Å²) < 4.78 is 44.0. The molecule has 2 aromatic carbocycles. The van der Waals surface area contributed by atoms with E-state index in [9.17, 15) is 18.0 Å². The predicted octanol–water partition coefficient (Wildman–Crippen LogP) is 3.34. The fourth-order valence-electron chi connectivity index (χ4n) is 4.10. The number of esters is 1. The third-order valence-corrected chi connectivity index (χ3v) is 7.44. The molecule has 1 heterocycles. The van der Waals surface area contributed by atoms with Gasteiger partial charge in [0, 0.05) is 17.0 Å². The summed E-state index contributed by atoms with van der Waals surface area (Å²) in [5.41, 5.74) is 2.81. The normalized spacial score (nSPS) is 14.2. The number of benzene rings is 2. The van der Waals surface area contributed by atoms with E-state index in [2.05, 4.69) is 4.72 Å². The quantitative estimate of drug-likeness (QED) is 0.385. The molecule has 0 fully saturated rings. The minimum Gasteiger partial charge on any atom is -0.497 e. The van der Waals surface area contributed by atoms with E-state index < -0.39 is 27.7 Å². The van der Waals surface area contributed by atoms with Gasteiger partial charge in [-0.1, -0.05) is 13.8 Å². The summed E-state index contributed by atoms with van der Waals surface area (Å²) in [7, 11) is -2.49. The number of carbonyl (C=O) groups is 1. The maximum absolute atomic E-state index is 12.9. The van der Waals surface area contributed by atoms with Crippen molar-refractivity contribution in [1.82, 2.24) is 4.72 Å². The van der Waals surface area contributed by atoms with Crippen LogP contribution in [-0.2, 0) is 39.0 Å². The largest absolute Gasteiger partial charge is 0.497 e. The van der Waals surface area contributed by atoms with E-state index in [4.69, 9.17) is 13.9 Å². The number of rotatable bonds is 8. The van der Waals surface area contributed by atoms with Crippen molar-refractivity contribution in [3.05, 3.63) is 69.6 Å². The van der Waals surface area contributed by atoms with Gasteiger partial charge >= 0.3 is 11.6 Å². The van der Waals surface area contributed by atoms with Gasteiger partial charge in [0.15, 0.2) is 0 Å². The summed E-state index contributed by atoms with van der Waals surface area (Å²) in [5.74, 6) is -0.583. The van der Waals surface area contributed by atoms with E-state index in [0.29, 0.717) is 22.3 Å². The first-order chi connectivity index (χ1) is 16.2. The van der Waals surface area contributed by atoms with Gasteiger partial charge in [0.25, 0.3) is 0 Å². The SMILES string of the molecule is COc1ccc(S(=O)(=O)NC(C(=O)OCc2cc(=O)oc3cc4c(cc23)CCC4)C(C)C)cc1. The molecule has 1 aliphatic rings. The van der Waals surface area contributed by atoms with Crippen LogP contribution in [0.15, 0.2) is 56.6 Å². The Hall–Kier alpha value is -3.17. The van der Waals surface area contributed by atoms with Gasteiger partial charge in [-0.3, -0.25) is 4.79 Å². The van der Waals surface area contributed by atoms with Gasteiger partial charge in [-0.15, -0.1) is 0 Å². The van der Waals surface area contributed by atoms with Gasteiger partial charge in [-0.25, -0.2) is 13.2 Å². The van der Waals surface area contributed by atoms with Gasteiger partial charge < -0.3 is 13.9 Å². The molecule has 0 spiro atoms. The number of methoxy groups -OCH3 is 1. The predicted molar refractivity (Wildman–Crippen MR) is 126 cm³/mol. The Bertz CT molecular complexity index is 1370. The molecule has 0 amide bonds. The van der Waals surface area contributed by atoms with Crippen LogP contribution in [-0.4, -0.2) is 27.5 Å². The molecule has 1 unspecified atom stereocenters. The van der Waals surface area contributed by atoms with E-state index in [1.807, 2.05) is 12.1 Å². The zero-order valence-corrected chi connectivity index (χ0v) is 20.1. The van der Waals surface area contributed by atoms with Crippen LogP contribution >= 0.6 is 0 Å². The molecule has 9 heteroatoms. The summed E-state index contributed by atoms with van der Waals surface area (Å²) in [6.45, 7) is 3.27. The number of aryl methyl sites for hydroxylation is 2. The molecule has 34 heavy (non-hydrogen) atoms.